The first-order valence-corrected chi connectivity index (χ1v) is 10.3. The van der Waals surface area contributed by atoms with E-state index in [2.05, 4.69) is 25.6 Å². The van der Waals surface area contributed by atoms with Crippen LogP contribution in [-0.2, 0) is 17.8 Å². The molecule has 32 heavy (non-hydrogen) atoms. The normalized spacial score (nSPS) is 14.0. The summed E-state index contributed by atoms with van der Waals surface area (Å²) in [5.74, 6) is 0.685. The second kappa shape index (κ2) is 7.33. The van der Waals surface area contributed by atoms with Gasteiger partial charge in [-0.1, -0.05) is 0 Å². The summed E-state index contributed by atoms with van der Waals surface area (Å²) in [7, 11) is 1.79. The molecule has 0 spiro atoms. The van der Waals surface area contributed by atoms with Crippen LogP contribution in [-0.4, -0.2) is 49.4 Å². The number of nitrogens with zero attached hydrogens (tertiary/aromatic N) is 5. The Balaban J connectivity index is 1.52. The molecule has 1 aliphatic heterocycles. The summed E-state index contributed by atoms with van der Waals surface area (Å²) in [6, 6.07) is 5.49. The smallest absolute Gasteiger partial charge is 0.244 e. The first-order valence-electron chi connectivity index (χ1n) is 10.3. The van der Waals surface area contributed by atoms with Crippen LogP contribution in [0.25, 0.3) is 21.9 Å². The van der Waals surface area contributed by atoms with Gasteiger partial charge in [0.25, 0.3) is 0 Å². The minimum Gasteiger partial charge on any atom is -0.396 e. The van der Waals surface area contributed by atoms with E-state index in [4.69, 9.17) is 5.73 Å². The molecule has 4 heterocycles. The summed E-state index contributed by atoms with van der Waals surface area (Å²) >= 11 is 0. The molecular formula is C22H23FN8O. The Bertz CT molecular complexity index is 1350. The average Bonchev–Trinajstić information content (AvgIpc) is 3.26. The van der Waals surface area contributed by atoms with Gasteiger partial charge in [0, 0.05) is 60.2 Å². The molecule has 0 saturated carbocycles. The number of hydrogen-bond acceptors (Lipinski definition) is 6. The molecule has 9 nitrogen and oxygen atoms in total. The number of hydrogen-bond donors (Lipinski definition) is 3. The van der Waals surface area contributed by atoms with Crippen molar-refractivity contribution in [2.75, 3.05) is 24.6 Å². The number of aryl methyl sites for hydroxylation is 2. The van der Waals surface area contributed by atoms with Crippen LogP contribution in [0.3, 0.4) is 0 Å². The van der Waals surface area contributed by atoms with Crippen molar-refractivity contribution in [1.82, 2.24) is 29.9 Å². The van der Waals surface area contributed by atoms with E-state index in [1.807, 2.05) is 26.0 Å². The topological polar surface area (TPSA) is 118 Å². The minimum absolute atomic E-state index is 0.0251. The summed E-state index contributed by atoms with van der Waals surface area (Å²) in [5, 5.41) is 16.0. The second-order valence-electron chi connectivity index (χ2n) is 8.12. The number of amides is 1. The first-order chi connectivity index (χ1) is 15.3. The fraction of sp³-hybridized carbons (Fsp3) is 0.273. The maximum atomic E-state index is 15.1. The number of anilines is 3. The minimum atomic E-state index is -0.486. The lowest BCUT2D eigenvalue weighted by molar-refractivity contribution is -0.130. The van der Waals surface area contributed by atoms with E-state index in [0.717, 1.165) is 23.2 Å². The molecule has 0 radical (unpaired) electrons. The molecule has 0 atom stereocenters. The number of aromatic nitrogens is 5. The van der Waals surface area contributed by atoms with E-state index in [9.17, 15) is 4.79 Å². The maximum absolute atomic E-state index is 15.1. The van der Waals surface area contributed by atoms with Crippen molar-refractivity contribution >= 4 is 34.0 Å². The first kappa shape index (κ1) is 20.0. The van der Waals surface area contributed by atoms with E-state index in [1.54, 1.807) is 28.9 Å². The lowest BCUT2D eigenvalue weighted by Gasteiger charge is -2.12. The van der Waals surface area contributed by atoms with Gasteiger partial charge in [-0.25, -0.2) is 9.37 Å². The Morgan fingerprint density at radius 2 is 2.03 bits per heavy atom. The molecular weight excluding hydrogens is 411 g/mol. The molecule has 5 rings (SSSR count). The molecule has 4 aromatic rings. The van der Waals surface area contributed by atoms with Gasteiger partial charge in [-0.05, 0) is 31.4 Å². The third-order valence-corrected chi connectivity index (χ3v) is 5.93. The maximum Gasteiger partial charge on any atom is 0.244 e. The molecule has 4 N–H and O–H groups in total. The molecule has 0 fully saturated rings. The number of carbonyl (C=O) groups is 1. The van der Waals surface area contributed by atoms with E-state index in [1.165, 1.54) is 0 Å². The van der Waals surface area contributed by atoms with Crippen LogP contribution in [0.1, 0.15) is 17.1 Å². The van der Waals surface area contributed by atoms with Crippen molar-refractivity contribution in [3.63, 3.8) is 0 Å². The van der Waals surface area contributed by atoms with Crippen molar-refractivity contribution in [2.24, 2.45) is 0 Å². The van der Waals surface area contributed by atoms with Crippen molar-refractivity contribution in [2.45, 2.75) is 26.8 Å². The molecule has 0 saturated heterocycles. The van der Waals surface area contributed by atoms with Gasteiger partial charge < -0.3 is 16.0 Å². The van der Waals surface area contributed by atoms with Gasteiger partial charge in [0.1, 0.15) is 12.4 Å². The molecule has 1 aliphatic rings. The summed E-state index contributed by atoms with van der Waals surface area (Å²) in [4.78, 5) is 18.2. The summed E-state index contributed by atoms with van der Waals surface area (Å²) in [6.45, 7) is 4.53. The lowest BCUT2D eigenvalue weighted by atomic mass is 9.98. The standard InChI is InChI=1S/C22H23FN8O/c1-11-20(12(2)28-27-11)15-6-13-7-17(25-9-16(13)22(24)21(15)23)26-18-8-14-4-5-30(3)19(32)10-31(14)29-18/h6-9H,4-5,10,24H2,1-3H3,(H,27,28)(H,25,26,29). The quantitative estimate of drug-likeness (QED) is 0.427. The fourth-order valence-electron chi connectivity index (χ4n) is 4.14. The molecule has 1 aromatic carbocycles. The predicted molar refractivity (Wildman–Crippen MR) is 120 cm³/mol. The molecule has 164 valence electrons. The number of halogens is 1. The molecule has 0 unspecified atom stereocenters. The number of likely N-dealkylation sites (N-methyl/N-ethyl adjacent to an activating group) is 1. The number of H-pyrrole nitrogens is 1. The third-order valence-electron chi connectivity index (χ3n) is 5.93. The van der Waals surface area contributed by atoms with Gasteiger partial charge in [0.05, 0.1) is 11.4 Å². The molecule has 1 amide bonds. The number of rotatable bonds is 3. The van der Waals surface area contributed by atoms with Crippen LogP contribution in [0.15, 0.2) is 24.4 Å². The molecule has 3 aromatic heterocycles. The van der Waals surface area contributed by atoms with Gasteiger partial charge >= 0.3 is 0 Å². The number of carbonyl (C=O) groups excluding carboxylic acids is 1. The number of nitrogens with two attached hydrogens (primary N) is 1. The summed E-state index contributed by atoms with van der Waals surface area (Å²) in [6.07, 6.45) is 2.28. The van der Waals surface area contributed by atoms with Crippen molar-refractivity contribution in [3.8, 4) is 11.1 Å². The van der Waals surface area contributed by atoms with Crippen LogP contribution < -0.4 is 11.1 Å². The van der Waals surface area contributed by atoms with Crippen LogP contribution in [0, 0.1) is 19.7 Å². The van der Waals surface area contributed by atoms with E-state index >= 15 is 4.39 Å². The predicted octanol–water partition coefficient (Wildman–Crippen LogP) is 2.92. The van der Waals surface area contributed by atoms with Crippen LogP contribution >= 0.6 is 0 Å². The number of nitrogen functional groups attached to an aromatic ring is 1. The molecule has 0 aliphatic carbocycles. The zero-order valence-corrected chi connectivity index (χ0v) is 18.0. The van der Waals surface area contributed by atoms with E-state index in [0.29, 0.717) is 40.4 Å². The van der Waals surface area contributed by atoms with Crippen molar-refractivity contribution < 1.29 is 9.18 Å². The van der Waals surface area contributed by atoms with E-state index < -0.39 is 5.82 Å². The highest BCUT2D eigenvalue weighted by molar-refractivity contribution is 5.98. The Morgan fingerprint density at radius 3 is 2.78 bits per heavy atom. The number of nitrogens with one attached hydrogen (secondary N) is 2. The zero-order valence-electron chi connectivity index (χ0n) is 18.0. The number of aromatic amines is 1. The number of fused-ring (bicyclic) bond motifs is 2. The largest absolute Gasteiger partial charge is 0.396 e. The zero-order chi connectivity index (χ0) is 22.6. The number of benzene rings is 1. The highest BCUT2D eigenvalue weighted by Crippen LogP contribution is 2.36. The van der Waals surface area contributed by atoms with Gasteiger partial charge in [-0.15, -0.1) is 0 Å². The Kier molecular flexibility index (Phi) is 4.58. The summed E-state index contributed by atoms with van der Waals surface area (Å²) in [5.41, 5.74) is 9.71. The summed E-state index contributed by atoms with van der Waals surface area (Å²) < 4.78 is 16.8. The fourth-order valence-corrected chi connectivity index (χ4v) is 4.14. The third kappa shape index (κ3) is 3.24. The Hall–Kier alpha value is -3.95. The number of pyridine rings is 1. The average molecular weight is 434 g/mol. The lowest BCUT2D eigenvalue weighted by Crippen LogP contribution is -2.29. The molecule has 0 bridgehead atoms. The molecule has 10 heteroatoms. The van der Waals surface area contributed by atoms with Gasteiger partial charge in [-0.2, -0.15) is 10.2 Å². The van der Waals surface area contributed by atoms with Gasteiger partial charge in [0.15, 0.2) is 11.6 Å². The van der Waals surface area contributed by atoms with Crippen LogP contribution in [0.2, 0.25) is 0 Å². The van der Waals surface area contributed by atoms with Gasteiger partial charge in [-0.3, -0.25) is 14.6 Å². The van der Waals surface area contributed by atoms with Crippen molar-refractivity contribution in [3.05, 3.63) is 47.3 Å². The SMILES string of the molecule is Cc1n[nH]c(C)c1-c1cc2cc(Nc3cc4n(n3)CC(=O)N(C)CC4)ncc2c(N)c1F. The van der Waals surface area contributed by atoms with E-state index in [-0.39, 0.29) is 18.1 Å². The monoisotopic (exact) mass is 434 g/mol. The van der Waals surface area contributed by atoms with Crippen molar-refractivity contribution in [1.29, 1.82) is 0 Å². The van der Waals surface area contributed by atoms with Gasteiger partial charge in [0.2, 0.25) is 5.91 Å². The highest BCUT2D eigenvalue weighted by atomic mass is 19.1. The van der Waals surface area contributed by atoms with Crippen LogP contribution in [0.4, 0.5) is 21.7 Å². The highest BCUT2D eigenvalue weighted by Gasteiger charge is 2.20. The van der Waals surface area contributed by atoms with Crippen LogP contribution in [0.5, 0.6) is 0 Å². The Morgan fingerprint density at radius 1 is 1.22 bits per heavy atom. The Labute approximate surface area is 183 Å². The second-order valence-corrected chi connectivity index (χ2v) is 8.12.